The number of rotatable bonds is 7. The number of hydrogen-bond acceptors (Lipinski definition) is 5. The van der Waals surface area contributed by atoms with Crippen LogP contribution in [-0.4, -0.2) is 31.1 Å². The first-order valence-corrected chi connectivity index (χ1v) is 6.34. The maximum atomic E-state index is 11.5. The van der Waals surface area contributed by atoms with Crippen LogP contribution in [0.2, 0.25) is 0 Å². The fourth-order valence-electron chi connectivity index (χ4n) is 1.42. The number of aromatic nitrogens is 1. The third kappa shape index (κ3) is 5.46. The topological polar surface area (TPSA) is 89.3 Å². The Balaban J connectivity index is 2.35. The lowest BCUT2D eigenvalue weighted by atomic mass is 10.2. The van der Waals surface area contributed by atoms with Crippen molar-refractivity contribution in [1.29, 1.82) is 0 Å². The molecule has 6 heteroatoms. The minimum Gasteiger partial charge on any atom is -0.479 e. The number of carbonyl (C=O) groups is 1. The molecule has 1 aromatic heterocycles. The van der Waals surface area contributed by atoms with Crippen molar-refractivity contribution in [2.45, 2.75) is 20.3 Å². The number of anilines is 2. The highest BCUT2D eigenvalue weighted by molar-refractivity contribution is 5.76. The highest BCUT2D eigenvalue weighted by Gasteiger charge is 2.04. The number of carbonyl (C=O) groups excluding carboxylic acids is 1. The minimum absolute atomic E-state index is 0.0311. The van der Waals surface area contributed by atoms with Crippen molar-refractivity contribution in [2.24, 2.45) is 5.92 Å². The SMILES string of the molecule is COc1nc(NCCC(=O)NCC(C)C)ccc1N. The molecule has 4 N–H and O–H groups in total. The molecule has 1 amide bonds. The second kappa shape index (κ2) is 7.45. The average Bonchev–Trinajstić information content (AvgIpc) is 2.38. The molecule has 0 aliphatic heterocycles. The van der Waals surface area contributed by atoms with Crippen LogP contribution < -0.4 is 21.1 Å². The van der Waals surface area contributed by atoms with Gasteiger partial charge in [0.25, 0.3) is 0 Å². The maximum Gasteiger partial charge on any atom is 0.238 e. The Kier molecular flexibility index (Phi) is 5.92. The molecule has 0 aliphatic carbocycles. The summed E-state index contributed by atoms with van der Waals surface area (Å²) in [6.07, 6.45) is 0.404. The summed E-state index contributed by atoms with van der Waals surface area (Å²) < 4.78 is 5.02. The number of nitrogens with one attached hydrogen (secondary N) is 2. The lowest BCUT2D eigenvalue weighted by Crippen LogP contribution is -2.28. The normalized spacial score (nSPS) is 10.3. The Morgan fingerprint density at radius 1 is 1.47 bits per heavy atom. The monoisotopic (exact) mass is 266 g/mol. The molecular weight excluding hydrogens is 244 g/mol. The number of amides is 1. The molecule has 0 saturated heterocycles. The molecule has 0 bridgehead atoms. The van der Waals surface area contributed by atoms with E-state index < -0.39 is 0 Å². The highest BCUT2D eigenvalue weighted by Crippen LogP contribution is 2.19. The Morgan fingerprint density at radius 3 is 2.84 bits per heavy atom. The summed E-state index contributed by atoms with van der Waals surface area (Å²) in [6, 6.07) is 3.47. The summed E-state index contributed by atoms with van der Waals surface area (Å²) in [5.41, 5.74) is 6.15. The molecule has 0 saturated carbocycles. The van der Waals surface area contributed by atoms with Gasteiger partial charge in [0.15, 0.2) is 0 Å². The van der Waals surface area contributed by atoms with E-state index in [0.29, 0.717) is 42.8 Å². The summed E-state index contributed by atoms with van der Waals surface area (Å²) >= 11 is 0. The molecule has 0 unspecified atom stereocenters. The van der Waals surface area contributed by atoms with Crippen molar-refractivity contribution in [3.05, 3.63) is 12.1 Å². The van der Waals surface area contributed by atoms with Crippen LogP contribution in [0.4, 0.5) is 11.5 Å². The second-order valence-electron chi connectivity index (χ2n) is 4.67. The van der Waals surface area contributed by atoms with Crippen LogP contribution in [0.25, 0.3) is 0 Å². The zero-order chi connectivity index (χ0) is 14.3. The summed E-state index contributed by atoms with van der Waals surface area (Å²) in [7, 11) is 1.52. The molecule has 1 heterocycles. The first kappa shape index (κ1) is 15.1. The van der Waals surface area contributed by atoms with E-state index in [1.807, 2.05) is 0 Å². The Morgan fingerprint density at radius 2 is 2.21 bits per heavy atom. The highest BCUT2D eigenvalue weighted by atomic mass is 16.5. The van der Waals surface area contributed by atoms with Gasteiger partial charge < -0.3 is 21.1 Å². The summed E-state index contributed by atoms with van der Waals surface area (Å²) in [6.45, 7) is 5.34. The van der Waals surface area contributed by atoms with E-state index in [0.717, 1.165) is 0 Å². The first-order valence-electron chi connectivity index (χ1n) is 6.34. The largest absolute Gasteiger partial charge is 0.479 e. The van der Waals surface area contributed by atoms with Gasteiger partial charge >= 0.3 is 0 Å². The van der Waals surface area contributed by atoms with Crippen LogP contribution in [0, 0.1) is 5.92 Å². The van der Waals surface area contributed by atoms with Crippen molar-refractivity contribution in [2.75, 3.05) is 31.2 Å². The molecule has 0 spiro atoms. The summed E-state index contributed by atoms with van der Waals surface area (Å²) in [5, 5.41) is 5.91. The van der Waals surface area contributed by atoms with E-state index in [1.54, 1.807) is 12.1 Å². The summed E-state index contributed by atoms with van der Waals surface area (Å²) in [5.74, 6) is 1.51. The molecule has 0 atom stereocenters. The number of nitrogens with zero attached hydrogens (tertiary/aromatic N) is 1. The predicted octanol–water partition coefficient (Wildman–Crippen LogP) is 1.25. The molecule has 0 fully saturated rings. The molecule has 106 valence electrons. The summed E-state index contributed by atoms with van der Waals surface area (Å²) in [4.78, 5) is 15.7. The third-order valence-electron chi connectivity index (χ3n) is 2.45. The molecule has 1 aromatic rings. The maximum absolute atomic E-state index is 11.5. The van der Waals surface area contributed by atoms with Crippen molar-refractivity contribution in [3.8, 4) is 5.88 Å². The molecule has 0 radical (unpaired) electrons. The van der Waals surface area contributed by atoms with Gasteiger partial charge in [-0.15, -0.1) is 0 Å². The number of methoxy groups -OCH3 is 1. The van der Waals surface area contributed by atoms with Gasteiger partial charge in [0.2, 0.25) is 11.8 Å². The van der Waals surface area contributed by atoms with Crippen LogP contribution in [0.5, 0.6) is 5.88 Å². The number of nitrogen functional groups attached to an aromatic ring is 1. The minimum atomic E-state index is 0.0311. The van der Waals surface area contributed by atoms with Gasteiger partial charge in [-0.2, -0.15) is 4.98 Å². The van der Waals surface area contributed by atoms with E-state index in [-0.39, 0.29) is 5.91 Å². The predicted molar refractivity (Wildman–Crippen MR) is 76.2 cm³/mol. The van der Waals surface area contributed by atoms with Crippen LogP contribution in [0.3, 0.4) is 0 Å². The van der Waals surface area contributed by atoms with Crippen molar-refractivity contribution < 1.29 is 9.53 Å². The fraction of sp³-hybridized carbons (Fsp3) is 0.538. The molecule has 0 aromatic carbocycles. The van der Waals surface area contributed by atoms with E-state index in [9.17, 15) is 4.79 Å². The zero-order valence-corrected chi connectivity index (χ0v) is 11.7. The Hall–Kier alpha value is -1.98. The van der Waals surface area contributed by atoms with Crippen LogP contribution in [0.1, 0.15) is 20.3 Å². The average molecular weight is 266 g/mol. The van der Waals surface area contributed by atoms with Gasteiger partial charge in [0.05, 0.1) is 12.8 Å². The quantitative estimate of drug-likeness (QED) is 0.691. The Labute approximate surface area is 113 Å². The van der Waals surface area contributed by atoms with Gasteiger partial charge in [-0.1, -0.05) is 13.8 Å². The van der Waals surface area contributed by atoms with Crippen molar-refractivity contribution in [3.63, 3.8) is 0 Å². The number of pyridine rings is 1. The first-order chi connectivity index (χ1) is 9.02. The van der Waals surface area contributed by atoms with Crippen molar-refractivity contribution >= 4 is 17.4 Å². The third-order valence-corrected chi connectivity index (χ3v) is 2.45. The standard InChI is InChI=1S/C13H22N4O2/c1-9(2)8-16-12(18)6-7-15-11-5-4-10(14)13(17-11)19-3/h4-5,9H,6-8,14H2,1-3H3,(H,15,17)(H,16,18). The number of ether oxygens (including phenoxy) is 1. The van der Waals surface area contributed by atoms with Gasteiger partial charge in [-0.25, -0.2) is 0 Å². The second-order valence-corrected chi connectivity index (χ2v) is 4.67. The van der Waals surface area contributed by atoms with Gasteiger partial charge in [0.1, 0.15) is 5.82 Å². The van der Waals surface area contributed by atoms with E-state index in [2.05, 4.69) is 29.5 Å². The van der Waals surface area contributed by atoms with E-state index in [1.165, 1.54) is 7.11 Å². The fourth-order valence-corrected chi connectivity index (χ4v) is 1.42. The van der Waals surface area contributed by atoms with Crippen molar-refractivity contribution in [1.82, 2.24) is 10.3 Å². The molecule has 6 nitrogen and oxygen atoms in total. The van der Waals surface area contributed by atoms with Crippen LogP contribution in [-0.2, 0) is 4.79 Å². The van der Waals surface area contributed by atoms with Gasteiger partial charge in [-0.3, -0.25) is 4.79 Å². The van der Waals surface area contributed by atoms with E-state index >= 15 is 0 Å². The van der Waals surface area contributed by atoms with Gasteiger partial charge in [0, 0.05) is 19.5 Å². The lowest BCUT2D eigenvalue weighted by Gasteiger charge is -2.10. The molecule has 1 rings (SSSR count). The molecule has 0 aliphatic rings. The van der Waals surface area contributed by atoms with Gasteiger partial charge in [-0.05, 0) is 18.1 Å². The number of hydrogen-bond donors (Lipinski definition) is 3. The number of nitrogens with two attached hydrogens (primary N) is 1. The Bertz CT molecular complexity index is 421. The van der Waals surface area contributed by atoms with Crippen LogP contribution in [0.15, 0.2) is 12.1 Å². The van der Waals surface area contributed by atoms with E-state index in [4.69, 9.17) is 10.5 Å². The molecular formula is C13H22N4O2. The molecule has 19 heavy (non-hydrogen) atoms. The smallest absolute Gasteiger partial charge is 0.238 e. The van der Waals surface area contributed by atoms with Crippen LogP contribution >= 0.6 is 0 Å². The zero-order valence-electron chi connectivity index (χ0n) is 11.7. The lowest BCUT2D eigenvalue weighted by molar-refractivity contribution is -0.120.